The summed E-state index contributed by atoms with van der Waals surface area (Å²) in [6, 6.07) is 0. The van der Waals surface area contributed by atoms with Gasteiger partial charge >= 0.3 is 0 Å². The lowest BCUT2D eigenvalue weighted by Gasteiger charge is -2.28. The molecule has 2 aliphatic carbocycles. The van der Waals surface area contributed by atoms with E-state index in [1.54, 1.807) is 0 Å². The molecule has 1 amide bonds. The summed E-state index contributed by atoms with van der Waals surface area (Å²) < 4.78 is 0. The summed E-state index contributed by atoms with van der Waals surface area (Å²) in [6.07, 6.45) is 6.06. The first kappa shape index (κ1) is 11.5. The number of hydrogen-bond acceptors (Lipinski definition) is 2. The van der Waals surface area contributed by atoms with E-state index in [2.05, 4.69) is 31.0 Å². The van der Waals surface area contributed by atoms with Gasteiger partial charge in [-0.25, -0.2) is 0 Å². The molecule has 3 rings (SSSR count). The molecule has 0 aromatic carbocycles. The van der Waals surface area contributed by atoms with E-state index in [0.717, 1.165) is 25.8 Å². The van der Waals surface area contributed by atoms with Crippen LogP contribution in [0.1, 0.15) is 52.9 Å². The Labute approximate surface area is 104 Å². The monoisotopic (exact) mass is 236 g/mol. The average Bonchev–Trinajstić information content (AvgIpc) is 3.11. The summed E-state index contributed by atoms with van der Waals surface area (Å²) >= 11 is 0. The van der Waals surface area contributed by atoms with Crippen LogP contribution in [0.4, 0.5) is 0 Å². The van der Waals surface area contributed by atoms with Crippen molar-refractivity contribution in [3.63, 3.8) is 0 Å². The minimum Gasteiger partial charge on any atom is -0.325 e. The molecule has 0 radical (unpaired) electrons. The van der Waals surface area contributed by atoms with Crippen LogP contribution in [0.25, 0.3) is 0 Å². The van der Waals surface area contributed by atoms with E-state index in [1.165, 1.54) is 12.8 Å². The van der Waals surface area contributed by atoms with Crippen molar-refractivity contribution in [2.24, 2.45) is 11.3 Å². The van der Waals surface area contributed by atoms with E-state index in [-0.39, 0.29) is 5.54 Å². The fraction of sp³-hybridized carbons (Fsp3) is 0.929. The third-order valence-electron chi connectivity index (χ3n) is 4.59. The summed E-state index contributed by atoms with van der Waals surface area (Å²) in [4.78, 5) is 14.6. The Kier molecular flexibility index (Phi) is 2.35. The van der Waals surface area contributed by atoms with Gasteiger partial charge in [0, 0.05) is 6.54 Å². The van der Waals surface area contributed by atoms with E-state index in [9.17, 15) is 4.79 Å². The highest BCUT2D eigenvalue weighted by molar-refractivity contribution is 5.91. The van der Waals surface area contributed by atoms with Gasteiger partial charge in [-0.1, -0.05) is 20.8 Å². The lowest BCUT2D eigenvalue weighted by atomic mass is 10.1. The van der Waals surface area contributed by atoms with Crippen LogP contribution < -0.4 is 5.32 Å². The second-order valence-electron chi connectivity index (χ2n) is 7.12. The molecule has 3 fully saturated rings. The molecule has 96 valence electrons. The maximum atomic E-state index is 12.5. The zero-order valence-corrected chi connectivity index (χ0v) is 11.3. The molecule has 1 unspecified atom stereocenters. The van der Waals surface area contributed by atoms with Crippen molar-refractivity contribution < 1.29 is 4.79 Å². The number of nitrogens with zero attached hydrogens (tertiary/aromatic N) is 1. The van der Waals surface area contributed by atoms with Crippen LogP contribution in [0.3, 0.4) is 0 Å². The molecular formula is C14H24N2O. The lowest BCUT2D eigenvalue weighted by Crippen LogP contribution is -2.41. The summed E-state index contributed by atoms with van der Waals surface area (Å²) in [6.45, 7) is 7.75. The van der Waals surface area contributed by atoms with E-state index in [1.807, 2.05) is 0 Å². The first-order chi connectivity index (χ1) is 7.94. The predicted molar refractivity (Wildman–Crippen MR) is 67.4 cm³/mol. The van der Waals surface area contributed by atoms with E-state index < -0.39 is 0 Å². The van der Waals surface area contributed by atoms with Crippen molar-refractivity contribution in [1.82, 2.24) is 10.2 Å². The van der Waals surface area contributed by atoms with Crippen molar-refractivity contribution in [3.05, 3.63) is 0 Å². The number of rotatable bonds is 4. The molecule has 3 aliphatic rings. The van der Waals surface area contributed by atoms with Gasteiger partial charge in [-0.15, -0.1) is 0 Å². The fourth-order valence-electron chi connectivity index (χ4n) is 2.96. The standard InChI is InChI=1S/C14H24N2O/c1-10(2)8-11-15-14(6-7-14)12(17)16(11)9-13(3)4-5-13/h10-11,15H,4-9H2,1-3H3. The van der Waals surface area contributed by atoms with E-state index >= 15 is 0 Å². The molecule has 0 aromatic heterocycles. The minimum atomic E-state index is -0.134. The Morgan fingerprint density at radius 2 is 2.00 bits per heavy atom. The number of hydrogen-bond donors (Lipinski definition) is 1. The van der Waals surface area contributed by atoms with E-state index in [0.29, 0.717) is 23.4 Å². The third kappa shape index (κ3) is 1.99. The second kappa shape index (κ2) is 3.47. The summed E-state index contributed by atoms with van der Waals surface area (Å²) in [5.41, 5.74) is 0.289. The smallest absolute Gasteiger partial charge is 0.244 e. The molecule has 1 heterocycles. The summed E-state index contributed by atoms with van der Waals surface area (Å²) in [5, 5.41) is 3.60. The predicted octanol–water partition coefficient (Wildman–Crippen LogP) is 2.12. The molecule has 3 nitrogen and oxygen atoms in total. The second-order valence-corrected chi connectivity index (χ2v) is 7.12. The molecular weight excluding hydrogens is 212 g/mol. The number of amides is 1. The lowest BCUT2D eigenvalue weighted by molar-refractivity contribution is -0.131. The summed E-state index contributed by atoms with van der Waals surface area (Å²) in [5.74, 6) is 1.03. The van der Waals surface area contributed by atoms with Crippen LogP contribution in [0, 0.1) is 11.3 Å². The molecule has 2 saturated carbocycles. The van der Waals surface area contributed by atoms with Crippen LogP contribution in [-0.2, 0) is 4.79 Å². The van der Waals surface area contributed by atoms with Gasteiger partial charge in [-0.05, 0) is 43.4 Å². The van der Waals surface area contributed by atoms with Crippen molar-refractivity contribution in [1.29, 1.82) is 0 Å². The Morgan fingerprint density at radius 1 is 1.35 bits per heavy atom. The van der Waals surface area contributed by atoms with Gasteiger partial charge < -0.3 is 4.90 Å². The maximum Gasteiger partial charge on any atom is 0.244 e. The summed E-state index contributed by atoms with van der Waals surface area (Å²) in [7, 11) is 0. The van der Waals surface area contributed by atoms with Crippen LogP contribution in [0.15, 0.2) is 0 Å². The van der Waals surface area contributed by atoms with Gasteiger partial charge in [0.15, 0.2) is 0 Å². The Hall–Kier alpha value is -0.570. The largest absolute Gasteiger partial charge is 0.325 e. The third-order valence-corrected chi connectivity index (χ3v) is 4.59. The van der Waals surface area contributed by atoms with Gasteiger partial charge in [-0.2, -0.15) is 0 Å². The Morgan fingerprint density at radius 3 is 2.47 bits per heavy atom. The first-order valence-electron chi connectivity index (χ1n) is 7.03. The van der Waals surface area contributed by atoms with Crippen molar-refractivity contribution in [2.75, 3.05) is 6.54 Å². The average molecular weight is 236 g/mol. The van der Waals surface area contributed by atoms with Crippen LogP contribution in [0.5, 0.6) is 0 Å². The molecule has 0 bridgehead atoms. The highest BCUT2D eigenvalue weighted by Crippen LogP contribution is 2.49. The molecule has 3 heteroatoms. The van der Waals surface area contributed by atoms with Gasteiger partial charge in [0.1, 0.15) is 0 Å². The maximum absolute atomic E-state index is 12.5. The molecule has 0 aromatic rings. The number of carbonyl (C=O) groups is 1. The van der Waals surface area contributed by atoms with E-state index in [4.69, 9.17) is 0 Å². The Bertz CT molecular complexity index is 342. The number of carbonyl (C=O) groups excluding carboxylic acids is 1. The van der Waals surface area contributed by atoms with Crippen LogP contribution >= 0.6 is 0 Å². The fourth-order valence-corrected chi connectivity index (χ4v) is 2.96. The van der Waals surface area contributed by atoms with Crippen LogP contribution in [0.2, 0.25) is 0 Å². The highest BCUT2D eigenvalue weighted by atomic mass is 16.2. The zero-order chi connectivity index (χ0) is 12.3. The SMILES string of the molecule is CC(C)CC1NC2(CC2)C(=O)N1CC1(C)CC1. The van der Waals surface area contributed by atoms with Crippen molar-refractivity contribution >= 4 is 5.91 Å². The molecule has 1 spiro atoms. The molecule has 1 saturated heterocycles. The molecule has 17 heavy (non-hydrogen) atoms. The van der Waals surface area contributed by atoms with Gasteiger partial charge in [0.2, 0.25) is 5.91 Å². The molecule has 1 N–H and O–H groups in total. The molecule has 1 aliphatic heterocycles. The minimum absolute atomic E-state index is 0.134. The van der Waals surface area contributed by atoms with Crippen LogP contribution in [-0.4, -0.2) is 29.1 Å². The highest BCUT2D eigenvalue weighted by Gasteiger charge is 2.60. The topological polar surface area (TPSA) is 32.3 Å². The molecule has 1 atom stereocenters. The van der Waals surface area contributed by atoms with Crippen molar-refractivity contribution in [3.8, 4) is 0 Å². The van der Waals surface area contributed by atoms with Gasteiger partial charge in [-0.3, -0.25) is 10.1 Å². The normalized spacial score (nSPS) is 32.6. The van der Waals surface area contributed by atoms with Gasteiger partial charge in [0.25, 0.3) is 0 Å². The first-order valence-corrected chi connectivity index (χ1v) is 7.03. The quantitative estimate of drug-likeness (QED) is 0.811. The van der Waals surface area contributed by atoms with Crippen molar-refractivity contribution in [2.45, 2.75) is 64.6 Å². The number of nitrogens with one attached hydrogen (secondary N) is 1. The zero-order valence-electron chi connectivity index (χ0n) is 11.3. The Balaban J connectivity index is 1.74. The van der Waals surface area contributed by atoms with Gasteiger partial charge in [0.05, 0.1) is 11.7 Å².